The Morgan fingerprint density at radius 2 is 1.23 bits per heavy atom. The lowest BCUT2D eigenvalue weighted by Gasteiger charge is -2.30. The number of hydrogen-bond acceptors (Lipinski definition) is 2. The summed E-state index contributed by atoms with van der Waals surface area (Å²) in [5.41, 5.74) is 5.78. The van der Waals surface area contributed by atoms with Crippen LogP contribution in [0.15, 0.2) is 84.9 Å². The lowest BCUT2D eigenvalue weighted by atomic mass is 10.0. The van der Waals surface area contributed by atoms with Crippen molar-refractivity contribution in [3.8, 4) is 0 Å². The molecule has 3 aromatic carbocycles. The van der Waals surface area contributed by atoms with Crippen molar-refractivity contribution < 1.29 is 0 Å². The third kappa shape index (κ3) is 3.89. The van der Waals surface area contributed by atoms with Crippen molar-refractivity contribution in [1.29, 1.82) is 0 Å². The summed E-state index contributed by atoms with van der Waals surface area (Å²) in [6, 6.07) is 31.6. The van der Waals surface area contributed by atoms with Crippen molar-refractivity contribution in [3.63, 3.8) is 0 Å². The van der Waals surface area contributed by atoms with Crippen LogP contribution in [0.2, 0.25) is 0 Å². The molecule has 2 aliphatic rings. The maximum absolute atomic E-state index is 2.73. The van der Waals surface area contributed by atoms with Gasteiger partial charge in [0, 0.05) is 37.9 Å². The summed E-state index contributed by atoms with van der Waals surface area (Å²) in [5, 5.41) is 0. The summed E-state index contributed by atoms with van der Waals surface area (Å²) in [7, 11) is 0. The van der Waals surface area contributed by atoms with Gasteiger partial charge in [-0.2, -0.15) is 0 Å². The van der Waals surface area contributed by atoms with Gasteiger partial charge in [-0.3, -0.25) is 4.90 Å². The molecule has 5 rings (SSSR count). The zero-order valence-electron chi connectivity index (χ0n) is 18.1. The Labute approximate surface area is 181 Å². The fourth-order valence-electron chi connectivity index (χ4n) is 5.40. The van der Waals surface area contributed by atoms with Gasteiger partial charge in [-0.1, -0.05) is 92.7 Å². The predicted octanol–water partition coefficient (Wildman–Crippen LogP) is 5.95. The Kier molecular flexibility index (Phi) is 5.35. The van der Waals surface area contributed by atoms with E-state index in [0.717, 1.165) is 24.9 Å². The number of piperidine rings is 1. The Morgan fingerprint density at radius 3 is 1.77 bits per heavy atom. The van der Waals surface area contributed by atoms with E-state index in [1.54, 1.807) is 0 Å². The number of nitrogens with zero attached hydrogens (tertiary/aromatic N) is 2. The Balaban J connectivity index is 1.32. The number of benzene rings is 3. The monoisotopic (exact) mass is 396 g/mol. The number of rotatable bonds is 7. The van der Waals surface area contributed by atoms with Gasteiger partial charge in [0.05, 0.1) is 0 Å². The van der Waals surface area contributed by atoms with E-state index >= 15 is 0 Å². The van der Waals surface area contributed by atoms with E-state index in [4.69, 9.17) is 0 Å². The van der Waals surface area contributed by atoms with Crippen molar-refractivity contribution in [3.05, 3.63) is 102 Å². The highest BCUT2D eigenvalue weighted by Crippen LogP contribution is 2.51. The van der Waals surface area contributed by atoms with Gasteiger partial charge in [0.15, 0.2) is 0 Å². The smallest absolute Gasteiger partial charge is 0.0401 e. The fraction of sp³-hybridized carbons (Fsp3) is 0.357. The molecule has 0 spiro atoms. The average molecular weight is 397 g/mol. The minimum Gasteiger partial charge on any atom is -0.371 e. The summed E-state index contributed by atoms with van der Waals surface area (Å²) < 4.78 is 0. The van der Waals surface area contributed by atoms with Crippen molar-refractivity contribution in [2.45, 2.75) is 38.9 Å². The maximum atomic E-state index is 2.73. The quantitative estimate of drug-likeness (QED) is 0.487. The normalized spacial score (nSPS) is 22.5. The standard InChI is InChI=1S/C28H32N2/c1-21(2)24-15-9-10-16-27(24)29-19-25-26(20-29)28(25)30(17-22-11-5-3-6-12-22)18-23-13-7-4-8-14-23/h3-16,21,25-26,28H,17-20H2,1-2H3/t25-,26?,28?/m0/s1. The van der Waals surface area contributed by atoms with Crippen molar-refractivity contribution in [1.82, 2.24) is 4.90 Å². The molecule has 2 nitrogen and oxygen atoms in total. The zero-order chi connectivity index (χ0) is 20.5. The molecule has 0 amide bonds. The molecule has 1 aliphatic carbocycles. The van der Waals surface area contributed by atoms with Gasteiger partial charge in [0.25, 0.3) is 0 Å². The van der Waals surface area contributed by atoms with Gasteiger partial charge >= 0.3 is 0 Å². The van der Waals surface area contributed by atoms with E-state index in [-0.39, 0.29) is 0 Å². The first-order valence-corrected chi connectivity index (χ1v) is 11.4. The minimum atomic E-state index is 0.571. The topological polar surface area (TPSA) is 6.48 Å². The molecule has 0 aromatic heterocycles. The van der Waals surface area contributed by atoms with Crippen molar-refractivity contribution >= 4 is 5.69 Å². The molecular formula is C28H32N2. The molecule has 0 N–H and O–H groups in total. The molecule has 3 aromatic rings. The largest absolute Gasteiger partial charge is 0.371 e. The molecule has 3 atom stereocenters. The van der Waals surface area contributed by atoms with Gasteiger partial charge in [-0.25, -0.2) is 0 Å². The number of anilines is 1. The summed E-state index contributed by atoms with van der Waals surface area (Å²) in [4.78, 5) is 5.37. The number of para-hydroxylation sites is 1. The first kappa shape index (κ1) is 19.4. The van der Waals surface area contributed by atoms with Crippen LogP contribution in [0.3, 0.4) is 0 Å². The van der Waals surface area contributed by atoms with Crippen LogP contribution in [0.4, 0.5) is 5.69 Å². The predicted molar refractivity (Wildman–Crippen MR) is 126 cm³/mol. The van der Waals surface area contributed by atoms with Gasteiger partial charge < -0.3 is 4.90 Å². The molecular weight excluding hydrogens is 364 g/mol. The molecule has 2 unspecified atom stereocenters. The van der Waals surface area contributed by atoms with Crippen molar-refractivity contribution in [2.75, 3.05) is 18.0 Å². The second kappa shape index (κ2) is 8.28. The molecule has 0 radical (unpaired) electrons. The van der Waals surface area contributed by atoms with Crippen LogP contribution in [-0.2, 0) is 13.1 Å². The maximum Gasteiger partial charge on any atom is 0.0401 e. The average Bonchev–Trinajstić information content (AvgIpc) is 3.27. The van der Waals surface area contributed by atoms with E-state index in [0.29, 0.717) is 12.0 Å². The molecule has 1 heterocycles. The summed E-state index contributed by atoms with van der Waals surface area (Å²) in [6.45, 7) is 9.07. The third-order valence-corrected chi connectivity index (χ3v) is 6.93. The van der Waals surface area contributed by atoms with Crippen LogP contribution in [0.5, 0.6) is 0 Å². The lowest BCUT2D eigenvalue weighted by molar-refractivity contribution is 0.222. The minimum absolute atomic E-state index is 0.571. The Morgan fingerprint density at radius 1 is 0.733 bits per heavy atom. The highest BCUT2D eigenvalue weighted by Gasteiger charge is 2.58. The SMILES string of the molecule is CC(C)c1ccccc1N1CC2C(N(Cc3ccccc3)Cc3ccccc3)[C@H]2C1. The molecule has 1 aliphatic heterocycles. The van der Waals surface area contributed by atoms with E-state index in [2.05, 4.69) is 109 Å². The third-order valence-electron chi connectivity index (χ3n) is 6.93. The summed E-state index contributed by atoms with van der Waals surface area (Å²) in [6.07, 6.45) is 0. The van der Waals surface area contributed by atoms with Gasteiger partial charge in [0.2, 0.25) is 0 Å². The van der Waals surface area contributed by atoms with Crippen LogP contribution >= 0.6 is 0 Å². The Hall–Kier alpha value is -2.58. The van der Waals surface area contributed by atoms with Crippen molar-refractivity contribution in [2.24, 2.45) is 11.8 Å². The van der Waals surface area contributed by atoms with Gasteiger partial charge in [0.1, 0.15) is 0 Å². The van der Waals surface area contributed by atoms with Crippen LogP contribution < -0.4 is 4.90 Å². The van der Waals surface area contributed by atoms with Crippen LogP contribution in [-0.4, -0.2) is 24.0 Å². The lowest BCUT2D eigenvalue weighted by Crippen LogP contribution is -2.34. The molecule has 1 saturated carbocycles. The second-order valence-corrected chi connectivity index (χ2v) is 9.31. The number of fused-ring (bicyclic) bond motifs is 1. The van der Waals surface area contributed by atoms with Crippen LogP contribution in [0, 0.1) is 11.8 Å². The van der Waals surface area contributed by atoms with Crippen LogP contribution in [0.25, 0.3) is 0 Å². The fourth-order valence-corrected chi connectivity index (χ4v) is 5.40. The molecule has 1 saturated heterocycles. The van der Waals surface area contributed by atoms with Gasteiger partial charge in [-0.05, 0) is 40.5 Å². The zero-order valence-corrected chi connectivity index (χ0v) is 18.1. The Bertz CT molecular complexity index is 913. The highest BCUT2D eigenvalue weighted by atomic mass is 15.3. The summed E-state index contributed by atoms with van der Waals surface area (Å²) >= 11 is 0. The molecule has 2 heteroatoms. The first-order valence-electron chi connectivity index (χ1n) is 11.4. The molecule has 30 heavy (non-hydrogen) atoms. The highest BCUT2D eigenvalue weighted by molar-refractivity contribution is 5.57. The van der Waals surface area contributed by atoms with E-state index in [1.165, 1.54) is 35.5 Å². The first-order chi connectivity index (χ1) is 14.7. The molecule has 2 fully saturated rings. The van der Waals surface area contributed by atoms with E-state index in [9.17, 15) is 0 Å². The number of hydrogen-bond donors (Lipinski definition) is 0. The van der Waals surface area contributed by atoms with Crippen LogP contribution in [0.1, 0.15) is 36.5 Å². The van der Waals surface area contributed by atoms with E-state index in [1.807, 2.05) is 0 Å². The second-order valence-electron chi connectivity index (χ2n) is 9.31. The summed E-state index contributed by atoms with van der Waals surface area (Å²) in [5.74, 6) is 2.15. The van der Waals surface area contributed by atoms with E-state index < -0.39 is 0 Å². The van der Waals surface area contributed by atoms with Gasteiger partial charge in [-0.15, -0.1) is 0 Å². The molecule has 0 bridgehead atoms. The molecule has 154 valence electrons.